The minimum Gasteiger partial charge on any atom is -0.272 e. The van der Waals surface area contributed by atoms with Crippen molar-refractivity contribution in [1.29, 1.82) is 0 Å². The lowest BCUT2D eigenvalue weighted by Gasteiger charge is -2.13. The molecular weight excluding hydrogens is 417 g/mol. The molecule has 30 heavy (non-hydrogen) atoms. The number of hydrazine groups is 1. The molecule has 156 valence electrons. The molecule has 0 saturated heterocycles. The normalized spacial score (nSPS) is 11.2. The Morgan fingerprint density at radius 3 is 2.33 bits per heavy atom. The minimum atomic E-state index is -4.83. The summed E-state index contributed by atoms with van der Waals surface area (Å²) in [6.07, 6.45) is -4.01. The van der Waals surface area contributed by atoms with Gasteiger partial charge in [-0.25, -0.2) is 4.68 Å². The third-order valence-corrected chi connectivity index (χ3v) is 5.00. The number of hydrogen-bond acceptors (Lipinski definition) is 4. The zero-order valence-corrected chi connectivity index (χ0v) is 16.6. The van der Waals surface area contributed by atoms with Gasteiger partial charge in [-0.05, 0) is 31.2 Å². The van der Waals surface area contributed by atoms with Crippen molar-refractivity contribution in [2.75, 3.05) is 5.75 Å². The van der Waals surface area contributed by atoms with Crippen molar-refractivity contribution in [3.05, 3.63) is 77.6 Å². The van der Waals surface area contributed by atoms with Gasteiger partial charge in [0.05, 0.1) is 23.2 Å². The number of nitrogens with zero attached hydrogens (tertiary/aromatic N) is 2. The number of rotatable bonds is 5. The van der Waals surface area contributed by atoms with Crippen LogP contribution in [0.3, 0.4) is 0 Å². The zero-order valence-electron chi connectivity index (χ0n) is 15.7. The fourth-order valence-corrected chi connectivity index (χ4v) is 3.26. The van der Waals surface area contributed by atoms with E-state index < -0.39 is 29.2 Å². The molecule has 3 rings (SSSR count). The molecule has 2 aromatic carbocycles. The standard InChI is InChI=1S/C20H17F3N4O2S/c1-13-7-9-15(10-8-13)30-12-17(28)25-26-19(29)16-11-24-27(18(16)20(21,22)23)14-5-3-2-4-6-14/h2-11H,12H2,1H3,(H,25,28)(H,26,29). The quantitative estimate of drug-likeness (QED) is 0.474. The van der Waals surface area contributed by atoms with Crippen molar-refractivity contribution in [3.8, 4) is 5.69 Å². The first-order valence-corrected chi connectivity index (χ1v) is 9.73. The number of amides is 2. The number of benzene rings is 2. The van der Waals surface area contributed by atoms with Gasteiger partial charge in [-0.1, -0.05) is 35.9 Å². The molecule has 0 atom stereocenters. The molecule has 10 heteroatoms. The van der Waals surface area contributed by atoms with E-state index in [2.05, 4.69) is 10.5 Å². The Morgan fingerprint density at radius 2 is 1.70 bits per heavy atom. The van der Waals surface area contributed by atoms with Gasteiger partial charge < -0.3 is 0 Å². The summed E-state index contributed by atoms with van der Waals surface area (Å²) in [7, 11) is 0. The van der Waals surface area contributed by atoms with Crippen molar-refractivity contribution in [3.63, 3.8) is 0 Å². The van der Waals surface area contributed by atoms with Crippen LogP contribution in [0.1, 0.15) is 21.6 Å². The van der Waals surface area contributed by atoms with E-state index >= 15 is 0 Å². The molecule has 2 N–H and O–H groups in total. The lowest BCUT2D eigenvalue weighted by Crippen LogP contribution is -2.43. The first kappa shape index (κ1) is 21.4. The van der Waals surface area contributed by atoms with Crippen LogP contribution >= 0.6 is 11.8 Å². The van der Waals surface area contributed by atoms with Gasteiger partial charge in [0.15, 0.2) is 5.69 Å². The van der Waals surface area contributed by atoms with Crippen LogP contribution < -0.4 is 10.9 Å². The Labute approximate surface area is 174 Å². The molecule has 1 aromatic heterocycles. The van der Waals surface area contributed by atoms with E-state index in [4.69, 9.17) is 0 Å². The molecule has 0 fully saturated rings. The fraction of sp³-hybridized carbons (Fsp3) is 0.150. The number of carbonyl (C=O) groups is 2. The summed E-state index contributed by atoms with van der Waals surface area (Å²) in [5.74, 6) is -1.69. The van der Waals surface area contributed by atoms with Crippen LogP contribution in [0.5, 0.6) is 0 Å². The smallest absolute Gasteiger partial charge is 0.272 e. The highest BCUT2D eigenvalue weighted by Crippen LogP contribution is 2.33. The third kappa shape index (κ3) is 5.20. The first-order chi connectivity index (χ1) is 14.3. The summed E-state index contributed by atoms with van der Waals surface area (Å²) < 4.78 is 41.4. The molecule has 0 saturated carbocycles. The van der Waals surface area contributed by atoms with E-state index in [-0.39, 0.29) is 11.4 Å². The monoisotopic (exact) mass is 434 g/mol. The maximum absolute atomic E-state index is 13.6. The van der Waals surface area contributed by atoms with Gasteiger partial charge in [0.1, 0.15) is 0 Å². The van der Waals surface area contributed by atoms with Gasteiger partial charge in [-0.15, -0.1) is 11.8 Å². The second-order valence-electron chi connectivity index (χ2n) is 6.26. The van der Waals surface area contributed by atoms with Crippen LogP contribution in [0.2, 0.25) is 0 Å². The highest BCUT2D eigenvalue weighted by molar-refractivity contribution is 8.00. The Balaban J connectivity index is 1.67. The van der Waals surface area contributed by atoms with Crippen LogP contribution in [-0.4, -0.2) is 27.3 Å². The molecule has 0 aliphatic carbocycles. The van der Waals surface area contributed by atoms with Crippen molar-refractivity contribution in [1.82, 2.24) is 20.6 Å². The Hall–Kier alpha value is -3.27. The number of aryl methyl sites for hydroxylation is 1. The average molecular weight is 434 g/mol. The number of nitrogens with one attached hydrogen (secondary N) is 2. The molecule has 1 heterocycles. The van der Waals surface area contributed by atoms with E-state index in [1.54, 1.807) is 18.2 Å². The van der Waals surface area contributed by atoms with Crippen molar-refractivity contribution in [2.45, 2.75) is 18.0 Å². The van der Waals surface area contributed by atoms with Gasteiger partial charge in [0, 0.05) is 4.90 Å². The van der Waals surface area contributed by atoms with Crippen molar-refractivity contribution in [2.24, 2.45) is 0 Å². The molecule has 2 amide bonds. The second kappa shape index (κ2) is 9.04. The Morgan fingerprint density at radius 1 is 1.03 bits per heavy atom. The molecule has 0 unspecified atom stereocenters. The number of aromatic nitrogens is 2. The number of hydrogen-bond donors (Lipinski definition) is 2. The number of thioether (sulfide) groups is 1. The summed E-state index contributed by atoms with van der Waals surface area (Å²) >= 11 is 1.23. The van der Waals surface area contributed by atoms with E-state index in [0.29, 0.717) is 4.68 Å². The highest BCUT2D eigenvalue weighted by Gasteiger charge is 2.40. The minimum absolute atomic E-state index is 0.0151. The summed E-state index contributed by atoms with van der Waals surface area (Å²) in [6, 6.07) is 15.1. The SMILES string of the molecule is Cc1ccc(SCC(=O)NNC(=O)c2cnn(-c3ccccc3)c2C(F)(F)F)cc1. The predicted molar refractivity (Wildman–Crippen MR) is 106 cm³/mol. The fourth-order valence-electron chi connectivity index (χ4n) is 2.57. The third-order valence-electron chi connectivity index (χ3n) is 3.99. The van der Waals surface area contributed by atoms with Crippen LogP contribution in [0, 0.1) is 6.92 Å². The van der Waals surface area contributed by atoms with Gasteiger partial charge in [0.2, 0.25) is 5.91 Å². The molecule has 0 aliphatic rings. The van der Waals surface area contributed by atoms with E-state index in [0.717, 1.165) is 16.7 Å². The largest absolute Gasteiger partial charge is 0.434 e. The number of para-hydroxylation sites is 1. The maximum Gasteiger partial charge on any atom is 0.434 e. The molecule has 0 spiro atoms. The second-order valence-corrected chi connectivity index (χ2v) is 7.30. The van der Waals surface area contributed by atoms with Crippen LogP contribution in [0.15, 0.2) is 65.7 Å². The highest BCUT2D eigenvalue weighted by atomic mass is 32.2. The molecule has 3 aromatic rings. The van der Waals surface area contributed by atoms with Crippen LogP contribution in [0.4, 0.5) is 13.2 Å². The maximum atomic E-state index is 13.6. The summed E-state index contributed by atoms with van der Waals surface area (Å²) in [6.45, 7) is 1.94. The van der Waals surface area contributed by atoms with Crippen molar-refractivity contribution < 1.29 is 22.8 Å². The van der Waals surface area contributed by atoms with E-state index in [1.807, 2.05) is 36.6 Å². The van der Waals surface area contributed by atoms with Gasteiger partial charge in [-0.2, -0.15) is 18.3 Å². The zero-order chi connectivity index (χ0) is 21.7. The molecule has 0 radical (unpaired) electrons. The average Bonchev–Trinajstić information content (AvgIpc) is 3.18. The predicted octanol–water partition coefficient (Wildman–Crippen LogP) is 3.75. The number of carbonyl (C=O) groups excluding carboxylic acids is 2. The van der Waals surface area contributed by atoms with Crippen molar-refractivity contribution >= 4 is 23.6 Å². The topological polar surface area (TPSA) is 76.0 Å². The molecule has 0 aliphatic heterocycles. The number of halogens is 3. The Kier molecular flexibility index (Phi) is 6.46. The van der Waals surface area contributed by atoms with Gasteiger partial charge >= 0.3 is 6.18 Å². The first-order valence-electron chi connectivity index (χ1n) is 8.75. The number of alkyl halides is 3. The van der Waals surface area contributed by atoms with E-state index in [1.165, 1.54) is 23.9 Å². The lowest BCUT2D eigenvalue weighted by molar-refractivity contribution is -0.143. The van der Waals surface area contributed by atoms with Crippen LogP contribution in [-0.2, 0) is 11.0 Å². The lowest BCUT2D eigenvalue weighted by atomic mass is 10.2. The summed E-state index contributed by atoms with van der Waals surface area (Å²) in [4.78, 5) is 25.1. The van der Waals surface area contributed by atoms with Gasteiger partial charge in [0.25, 0.3) is 5.91 Å². The van der Waals surface area contributed by atoms with E-state index in [9.17, 15) is 22.8 Å². The van der Waals surface area contributed by atoms with Gasteiger partial charge in [-0.3, -0.25) is 20.4 Å². The Bertz CT molecular complexity index is 1030. The summed E-state index contributed by atoms with van der Waals surface area (Å²) in [5.41, 5.74) is 3.45. The van der Waals surface area contributed by atoms with Crippen LogP contribution in [0.25, 0.3) is 5.69 Å². The molecule has 0 bridgehead atoms. The molecular formula is C20H17F3N4O2S. The summed E-state index contributed by atoms with van der Waals surface area (Å²) in [5, 5.41) is 3.70. The molecule has 6 nitrogen and oxygen atoms in total.